The van der Waals surface area contributed by atoms with E-state index in [-0.39, 0.29) is 23.8 Å². The van der Waals surface area contributed by atoms with Crippen molar-refractivity contribution >= 4 is 17.3 Å². The molecule has 7 heteroatoms. The van der Waals surface area contributed by atoms with Gasteiger partial charge in [-0.15, -0.1) is 0 Å². The molecular weight excluding hydrogens is 271 g/mol. The van der Waals surface area contributed by atoms with Crippen LogP contribution in [0.4, 0.5) is 24.5 Å². The van der Waals surface area contributed by atoms with Gasteiger partial charge in [0.15, 0.2) is 0 Å². The van der Waals surface area contributed by atoms with E-state index in [0.29, 0.717) is 0 Å². The van der Waals surface area contributed by atoms with Gasteiger partial charge in [0.1, 0.15) is 0 Å². The molecule has 1 aromatic carbocycles. The first-order chi connectivity index (χ1) is 9.08. The summed E-state index contributed by atoms with van der Waals surface area (Å²) in [6.07, 6.45) is -4.50. The molecule has 1 aromatic rings. The van der Waals surface area contributed by atoms with E-state index in [1.54, 1.807) is 13.8 Å². The third-order valence-corrected chi connectivity index (χ3v) is 2.93. The number of hydrogen-bond acceptors (Lipinski definition) is 3. The van der Waals surface area contributed by atoms with Gasteiger partial charge in [-0.05, 0) is 32.0 Å². The number of rotatable bonds is 4. The number of benzene rings is 1. The molecule has 0 unspecified atom stereocenters. The van der Waals surface area contributed by atoms with Crippen LogP contribution in [0.25, 0.3) is 0 Å². The van der Waals surface area contributed by atoms with Crippen LogP contribution in [0.2, 0.25) is 0 Å². The van der Waals surface area contributed by atoms with Gasteiger partial charge in [-0.25, -0.2) is 0 Å². The van der Waals surface area contributed by atoms with Crippen molar-refractivity contribution in [2.24, 2.45) is 5.41 Å². The number of hydrogen-bond donors (Lipinski definition) is 3. The molecule has 4 N–H and O–H groups in total. The Labute approximate surface area is 115 Å². The van der Waals surface area contributed by atoms with Gasteiger partial charge in [-0.1, -0.05) is 0 Å². The highest BCUT2D eigenvalue weighted by Crippen LogP contribution is 2.35. The highest BCUT2D eigenvalue weighted by atomic mass is 19.4. The molecule has 20 heavy (non-hydrogen) atoms. The van der Waals surface area contributed by atoms with Gasteiger partial charge < -0.3 is 16.4 Å². The minimum atomic E-state index is -4.50. The molecule has 0 aliphatic heterocycles. The fourth-order valence-electron chi connectivity index (χ4n) is 1.65. The number of amides is 1. The third kappa shape index (κ3) is 3.79. The number of nitrogen functional groups attached to an aromatic ring is 1. The summed E-state index contributed by atoms with van der Waals surface area (Å²) in [4.78, 5) is 11.6. The number of halogens is 3. The molecule has 0 heterocycles. The van der Waals surface area contributed by atoms with Gasteiger partial charge in [0.25, 0.3) is 0 Å². The Morgan fingerprint density at radius 1 is 1.30 bits per heavy atom. The molecule has 0 aliphatic rings. The van der Waals surface area contributed by atoms with Crippen LogP contribution in [0, 0.1) is 5.41 Å². The summed E-state index contributed by atoms with van der Waals surface area (Å²) in [6.45, 7) is 3.59. The number of carbonyl (C=O) groups excluding carboxylic acids is 1. The first-order valence-corrected chi connectivity index (χ1v) is 6.00. The Bertz CT molecular complexity index is 498. The lowest BCUT2D eigenvalue weighted by Crippen LogP contribution is -2.39. The Morgan fingerprint density at radius 2 is 1.90 bits per heavy atom. The molecule has 0 fully saturated rings. The Hall–Kier alpha value is -1.92. The zero-order valence-corrected chi connectivity index (χ0v) is 11.6. The fraction of sp³-hybridized carbons (Fsp3) is 0.462. The topological polar surface area (TPSA) is 67.2 Å². The molecule has 1 amide bonds. The molecule has 112 valence electrons. The van der Waals surface area contributed by atoms with E-state index in [9.17, 15) is 18.0 Å². The van der Waals surface area contributed by atoms with Gasteiger partial charge >= 0.3 is 6.18 Å². The molecule has 0 aromatic heterocycles. The van der Waals surface area contributed by atoms with E-state index in [4.69, 9.17) is 5.73 Å². The first-order valence-electron chi connectivity index (χ1n) is 6.00. The van der Waals surface area contributed by atoms with Crippen molar-refractivity contribution < 1.29 is 18.0 Å². The van der Waals surface area contributed by atoms with Gasteiger partial charge in [0, 0.05) is 25.0 Å². The maximum Gasteiger partial charge on any atom is 0.418 e. The average molecular weight is 289 g/mol. The van der Waals surface area contributed by atoms with Crippen LogP contribution in [0.15, 0.2) is 18.2 Å². The number of nitrogens with two attached hydrogens (primary N) is 1. The summed E-state index contributed by atoms with van der Waals surface area (Å²) < 4.78 is 38.1. The second kappa shape index (κ2) is 5.60. The molecule has 0 atom stereocenters. The summed E-state index contributed by atoms with van der Waals surface area (Å²) in [5.74, 6) is -0.198. The molecule has 1 rings (SSSR count). The van der Waals surface area contributed by atoms with Crippen LogP contribution in [0.3, 0.4) is 0 Å². The van der Waals surface area contributed by atoms with Gasteiger partial charge in [-0.2, -0.15) is 13.2 Å². The lowest BCUT2D eigenvalue weighted by Gasteiger charge is -2.24. The van der Waals surface area contributed by atoms with E-state index < -0.39 is 17.2 Å². The fourth-order valence-corrected chi connectivity index (χ4v) is 1.65. The normalized spacial score (nSPS) is 12.1. The standard InChI is InChI=1S/C13H18F3N3O/c1-12(2,11(20)18-3)7-19-8-4-5-10(17)9(6-8)13(14,15)16/h4-6,19H,7,17H2,1-3H3,(H,18,20). The molecule has 0 spiro atoms. The maximum absolute atomic E-state index is 12.7. The number of carbonyl (C=O) groups is 1. The van der Waals surface area contributed by atoms with E-state index in [2.05, 4.69) is 10.6 Å². The monoisotopic (exact) mass is 289 g/mol. The predicted molar refractivity (Wildman–Crippen MR) is 72.2 cm³/mol. The minimum Gasteiger partial charge on any atom is -0.398 e. The zero-order chi connectivity index (χ0) is 15.6. The van der Waals surface area contributed by atoms with Crippen LogP contribution in [-0.2, 0) is 11.0 Å². The van der Waals surface area contributed by atoms with Crippen LogP contribution in [-0.4, -0.2) is 19.5 Å². The van der Waals surface area contributed by atoms with Crippen molar-refractivity contribution in [3.8, 4) is 0 Å². The summed E-state index contributed by atoms with van der Waals surface area (Å²) in [6, 6.07) is 3.58. The SMILES string of the molecule is CNC(=O)C(C)(C)CNc1ccc(N)c(C(F)(F)F)c1. The first kappa shape index (κ1) is 16.1. The number of anilines is 2. The molecule has 0 radical (unpaired) electrons. The van der Waals surface area contributed by atoms with E-state index >= 15 is 0 Å². The highest BCUT2D eigenvalue weighted by Gasteiger charge is 2.33. The average Bonchev–Trinajstić information content (AvgIpc) is 2.35. The van der Waals surface area contributed by atoms with Crippen molar-refractivity contribution in [1.82, 2.24) is 5.32 Å². The van der Waals surface area contributed by atoms with Crippen molar-refractivity contribution in [2.75, 3.05) is 24.6 Å². The maximum atomic E-state index is 12.7. The van der Waals surface area contributed by atoms with Crippen molar-refractivity contribution in [3.05, 3.63) is 23.8 Å². The summed E-state index contributed by atoms with van der Waals surface area (Å²) in [7, 11) is 1.51. The summed E-state index contributed by atoms with van der Waals surface area (Å²) >= 11 is 0. The van der Waals surface area contributed by atoms with Crippen molar-refractivity contribution in [3.63, 3.8) is 0 Å². The van der Waals surface area contributed by atoms with E-state index in [1.807, 2.05) is 0 Å². The molecular formula is C13H18F3N3O. The summed E-state index contributed by atoms with van der Waals surface area (Å²) in [5.41, 5.74) is 3.63. The van der Waals surface area contributed by atoms with Crippen LogP contribution >= 0.6 is 0 Å². The number of nitrogens with one attached hydrogen (secondary N) is 2. The minimum absolute atomic E-state index is 0.198. The Kier molecular flexibility index (Phi) is 4.52. The molecule has 0 saturated heterocycles. The van der Waals surface area contributed by atoms with Gasteiger partial charge in [0.2, 0.25) is 5.91 Å². The van der Waals surface area contributed by atoms with Crippen molar-refractivity contribution in [2.45, 2.75) is 20.0 Å². The summed E-state index contributed by atoms with van der Waals surface area (Å²) in [5, 5.41) is 5.33. The third-order valence-electron chi connectivity index (χ3n) is 2.93. The number of alkyl halides is 3. The van der Waals surface area contributed by atoms with Gasteiger partial charge in [0.05, 0.1) is 11.0 Å². The van der Waals surface area contributed by atoms with Crippen LogP contribution < -0.4 is 16.4 Å². The second-order valence-electron chi connectivity index (χ2n) is 5.12. The van der Waals surface area contributed by atoms with E-state index in [0.717, 1.165) is 6.07 Å². The Morgan fingerprint density at radius 3 is 2.40 bits per heavy atom. The molecule has 0 aliphatic carbocycles. The molecule has 0 bridgehead atoms. The largest absolute Gasteiger partial charge is 0.418 e. The lowest BCUT2D eigenvalue weighted by molar-refractivity contribution is -0.137. The Balaban J connectivity index is 2.88. The lowest BCUT2D eigenvalue weighted by atomic mass is 9.92. The smallest absolute Gasteiger partial charge is 0.398 e. The molecule has 0 saturated carbocycles. The quantitative estimate of drug-likeness (QED) is 0.746. The zero-order valence-electron chi connectivity index (χ0n) is 11.6. The van der Waals surface area contributed by atoms with Crippen molar-refractivity contribution in [1.29, 1.82) is 0 Å². The predicted octanol–water partition coefficient (Wildman–Crippen LogP) is 2.47. The molecule has 4 nitrogen and oxygen atoms in total. The van der Waals surface area contributed by atoms with Gasteiger partial charge in [-0.3, -0.25) is 4.79 Å². The van der Waals surface area contributed by atoms with Crippen LogP contribution in [0.5, 0.6) is 0 Å². The second-order valence-corrected chi connectivity index (χ2v) is 5.12. The highest BCUT2D eigenvalue weighted by molar-refractivity contribution is 5.82. The van der Waals surface area contributed by atoms with Crippen LogP contribution in [0.1, 0.15) is 19.4 Å². The van der Waals surface area contributed by atoms with E-state index in [1.165, 1.54) is 19.2 Å².